The number of nitrogens with two attached hydrogens (primary N) is 1. The van der Waals surface area contributed by atoms with Gasteiger partial charge in [0.25, 0.3) is 5.91 Å². The molecule has 1 amide bonds. The number of hydrazone groups is 1. The summed E-state index contributed by atoms with van der Waals surface area (Å²) in [5.74, 6) is 0.433. The van der Waals surface area contributed by atoms with Crippen molar-refractivity contribution in [3.8, 4) is 5.82 Å². The van der Waals surface area contributed by atoms with E-state index in [0.717, 1.165) is 37.2 Å². The van der Waals surface area contributed by atoms with Crippen LogP contribution in [0.4, 0.5) is 5.82 Å². The van der Waals surface area contributed by atoms with Crippen LogP contribution < -0.4 is 11.2 Å². The zero-order chi connectivity index (χ0) is 24.0. The number of amides is 1. The van der Waals surface area contributed by atoms with Gasteiger partial charge in [-0.3, -0.25) is 9.69 Å². The Morgan fingerprint density at radius 2 is 2.03 bits per heavy atom. The first-order chi connectivity index (χ1) is 17.2. The molecule has 5 rings (SSSR count). The first-order valence-corrected chi connectivity index (χ1v) is 12.2. The third-order valence-electron chi connectivity index (χ3n) is 6.02. The van der Waals surface area contributed by atoms with Crippen LogP contribution in [0, 0.1) is 5.92 Å². The predicted octanol–water partition coefficient (Wildman–Crippen LogP) is 2.51. The molecule has 0 radical (unpaired) electrons. The molecule has 0 unspecified atom stereocenters. The number of hydrogen-bond acceptors (Lipinski definition) is 10. The molecular weight excluding hydrogens is 466 g/mol. The molecule has 3 aromatic heterocycles. The molecule has 35 heavy (non-hydrogen) atoms. The van der Waals surface area contributed by atoms with Gasteiger partial charge in [-0.2, -0.15) is 9.78 Å². The van der Waals surface area contributed by atoms with E-state index in [1.165, 1.54) is 21.6 Å². The quantitative estimate of drug-likeness (QED) is 0.283. The summed E-state index contributed by atoms with van der Waals surface area (Å²) >= 11 is 1.52. The molecule has 4 heterocycles. The van der Waals surface area contributed by atoms with Crippen molar-refractivity contribution in [2.45, 2.75) is 25.8 Å². The maximum Gasteiger partial charge on any atom is 0.293 e. The van der Waals surface area contributed by atoms with Crippen molar-refractivity contribution in [2.75, 3.05) is 18.8 Å². The van der Waals surface area contributed by atoms with Gasteiger partial charge < -0.3 is 5.73 Å². The Hall–Kier alpha value is -3.90. The Balaban J connectivity index is 1.30. The summed E-state index contributed by atoms with van der Waals surface area (Å²) in [7, 11) is 0. The van der Waals surface area contributed by atoms with Crippen LogP contribution in [-0.2, 0) is 13.0 Å². The highest BCUT2D eigenvalue weighted by Crippen LogP contribution is 2.24. The highest BCUT2D eigenvalue weighted by molar-refractivity contribution is 7.11. The van der Waals surface area contributed by atoms with Gasteiger partial charge in [0.15, 0.2) is 5.69 Å². The van der Waals surface area contributed by atoms with Gasteiger partial charge in [-0.1, -0.05) is 41.6 Å². The third kappa shape index (κ3) is 5.44. The van der Waals surface area contributed by atoms with Crippen LogP contribution in [0.15, 0.2) is 57.6 Å². The monoisotopic (exact) mass is 491 g/mol. The molecule has 0 saturated carbocycles. The topological polar surface area (TPSA) is 140 Å². The Morgan fingerprint density at radius 3 is 2.74 bits per heavy atom. The molecule has 1 saturated heterocycles. The minimum Gasteiger partial charge on any atom is -0.378 e. The number of rotatable bonds is 8. The summed E-state index contributed by atoms with van der Waals surface area (Å²) in [5.41, 5.74) is 10.5. The van der Waals surface area contributed by atoms with Gasteiger partial charge in [0.2, 0.25) is 11.6 Å². The number of piperidine rings is 1. The number of benzene rings is 1. The van der Waals surface area contributed by atoms with Crippen LogP contribution >= 0.6 is 11.3 Å². The van der Waals surface area contributed by atoms with Gasteiger partial charge in [-0.25, -0.2) is 10.1 Å². The number of nitrogens with one attached hydrogen (secondary N) is 1. The van der Waals surface area contributed by atoms with Crippen LogP contribution in [0.2, 0.25) is 0 Å². The molecule has 1 aromatic carbocycles. The van der Waals surface area contributed by atoms with E-state index >= 15 is 0 Å². The van der Waals surface area contributed by atoms with Crippen LogP contribution in [0.5, 0.6) is 0 Å². The fourth-order valence-electron chi connectivity index (χ4n) is 4.21. The normalized spacial score (nSPS) is 15.1. The average Bonchev–Trinajstić information content (AvgIpc) is 3.63. The largest absolute Gasteiger partial charge is 0.378 e. The second-order valence-corrected chi connectivity index (χ2v) is 9.37. The molecular formula is C23H25N9O2S. The van der Waals surface area contributed by atoms with E-state index in [4.69, 9.17) is 10.4 Å². The second-order valence-electron chi connectivity index (χ2n) is 8.39. The highest BCUT2D eigenvalue weighted by atomic mass is 32.1. The minimum atomic E-state index is -0.465. The van der Waals surface area contributed by atoms with Crippen LogP contribution in [0.1, 0.15) is 39.5 Å². The highest BCUT2D eigenvalue weighted by Gasteiger charge is 2.27. The number of hydrogen-bond donors (Lipinski definition) is 2. The molecule has 3 N–H and O–H groups in total. The predicted molar refractivity (Wildman–Crippen MR) is 131 cm³/mol. The Morgan fingerprint density at radius 1 is 1.20 bits per heavy atom. The van der Waals surface area contributed by atoms with Gasteiger partial charge in [0.1, 0.15) is 0 Å². The summed E-state index contributed by atoms with van der Waals surface area (Å²) in [6.45, 7) is 2.24. The summed E-state index contributed by atoms with van der Waals surface area (Å²) in [5, 5.41) is 21.7. The summed E-state index contributed by atoms with van der Waals surface area (Å²) in [6.07, 6.45) is 4.79. The van der Waals surface area contributed by atoms with Crippen molar-refractivity contribution in [2.24, 2.45) is 11.0 Å². The fourth-order valence-corrected chi connectivity index (χ4v) is 4.79. The van der Waals surface area contributed by atoms with Crippen molar-refractivity contribution >= 4 is 29.3 Å². The molecule has 12 heteroatoms. The lowest BCUT2D eigenvalue weighted by atomic mass is 9.90. The Kier molecular flexibility index (Phi) is 6.91. The van der Waals surface area contributed by atoms with E-state index in [2.05, 4.69) is 60.3 Å². The number of anilines is 1. The molecule has 0 atom stereocenters. The minimum absolute atomic E-state index is 0.0698. The van der Waals surface area contributed by atoms with Gasteiger partial charge in [-0.05, 0) is 65.6 Å². The number of nitrogens with zero attached hydrogens (tertiary/aromatic N) is 7. The smallest absolute Gasteiger partial charge is 0.293 e. The maximum absolute atomic E-state index is 12.9. The number of likely N-dealkylation sites (tertiary alicyclic amines) is 1. The van der Waals surface area contributed by atoms with E-state index in [9.17, 15) is 4.79 Å². The molecule has 0 spiro atoms. The molecule has 1 aliphatic heterocycles. The number of thiophene rings is 1. The standard InChI is InChI=1S/C23H25N9O2S/c24-21-22(29-34-28-21)32-19(20(26-30-32)23(33)27-25-14-18-7-4-12-35-18)15-31-10-8-17(9-11-31)13-16-5-2-1-3-6-16/h1-7,12,14,17H,8-11,13,15H2,(H2,24,28)(H,27,33)/b25-14+. The third-order valence-corrected chi connectivity index (χ3v) is 6.83. The lowest BCUT2D eigenvalue weighted by molar-refractivity contribution is 0.0946. The van der Waals surface area contributed by atoms with E-state index in [0.29, 0.717) is 18.2 Å². The molecule has 1 aliphatic rings. The lowest BCUT2D eigenvalue weighted by Crippen LogP contribution is -2.35. The van der Waals surface area contributed by atoms with E-state index in [1.807, 2.05) is 23.6 Å². The van der Waals surface area contributed by atoms with E-state index < -0.39 is 5.91 Å². The number of carbonyl (C=O) groups excluding carboxylic acids is 1. The molecule has 0 bridgehead atoms. The zero-order valence-corrected chi connectivity index (χ0v) is 19.8. The molecule has 1 fully saturated rings. The maximum atomic E-state index is 12.9. The second kappa shape index (κ2) is 10.6. The van der Waals surface area contributed by atoms with Crippen LogP contribution in [-0.4, -0.2) is 55.4 Å². The molecule has 180 valence electrons. The first kappa shape index (κ1) is 22.9. The fraction of sp³-hybridized carbons (Fsp3) is 0.304. The van der Waals surface area contributed by atoms with Crippen molar-refractivity contribution < 1.29 is 9.42 Å². The Bertz CT molecular complexity index is 1280. The lowest BCUT2D eigenvalue weighted by Gasteiger charge is -2.32. The van der Waals surface area contributed by atoms with Gasteiger partial charge in [-0.15, -0.1) is 16.4 Å². The van der Waals surface area contributed by atoms with Gasteiger partial charge in [0, 0.05) is 11.4 Å². The Labute approximate surface area is 205 Å². The van der Waals surface area contributed by atoms with Crippen LogP contribution in [0.25, 0.3) is 5.82 Å². The SMILES string of the molecule is Nc1nonc1-n1nnc(C(=O)N/N=C/c2cccs2)c1CN1CCC(Cc2ccccc2)CC1. The van der Waals surface area contributed by atoms with Crippen LogP contribution in [0.3, 0.4) is 0 Å². The van der Waals surface area contributed by atoms with Crippen molar-refractivity contribution in [1.29, 1.82) is 0 Å². The van der Waals surface area contributed by atoms with Gasteiger partial charge >= 0.3 is 0 Å². The number of aromatic nitrogens is 5. The average molecular weight is 492 g/mol. The van der Waals surface area contributed by atoms with E-state index in [1.54, 1.807) is 6.21 Å². The summed E-state index contributed by atoms with van der Waals surface area (Å²) < 4.78 is 6.16. The molecule has 0 aliphatic carbocycles. The zero-order valence-electron chi connectivity index (χ0n) is 18.9. The van der Waals surface area contributed by atoms with E-state index in [-0.39, 0.29) is 17.3 Å². The number of carbonyl (C=O) groups is 1. The first-order valence-electron chi connectivity index (χ1n) is 11.3. The van der Waals surface area contributed by atoms with Crippen molar-refractivity contribution in [1.82, 2.24) is 35.6 Å². The molecule has 4 aromatic rings. The van der Waals surface area contributed by atoms with Crippen molar-refractivity contribution in [3.63, 3.8) is 0 Å². The summed E-state index contributed by atoms with van der Waals surface area (Å²) in [6, 6.07) is 14.4. The van der Waals surface area contributed by atoms with Crippen molar-refractivity contribution in [3.05, 3.63) is 69.7 Å². The number of nitrogen functional groups attached to an aromatic ring is 1. The van der Waals surface area contributed by atoms with Gasteiger partial charge in [0.05, 0.1) is 11.9 Å². The molecule has 11 nitrogen and oxygen atoms in total. The summed E-state index contributed by atoms with van der Waals surface area (Å²) in [4.78, 5) is 16.1.